The molecule has 0 aromatic heterocycles. The molecule has 0 aliphatic carbocycles. The lowest BCUT2D eigenvalue weighted by Gasteiger charge is -2.13. The van der Waals surface area contributed by atoms with Gasteiger partial charge in [0.05, 0.1) is 11.5 Å². The predicted octanol–water partition coefficient (Wildman–Crippen LogP) is 5.61. The van der Waals surface area contributed by atoms with Crippen LogP contribution in [-0.4, -0.2) is 40.2 Å². The first kappa shape index (κ1) is 24.3. The number of thioether (sulfide) groups is 1. The Balaban J connectivity index is 1.81. The molecule has 168 valence electrons. The molecule has 3 amide bonds. The number of benzene rings is 2. The molecule has 2 N–H and O–H groups in total. The minimum atomic E-state index is -0.612. The number of amides is 3. The van der Waals surface area contributed by atoms with Crippen LogP contribution in [0.5, 0.6) is 11.5 Å². The molecule has 10 heteroatoms. The number of phenols is 1. The van der Waals surface area contributed by atoms with Crippen molar-refractivity contribution in [1.29, 1.82) is 0 Å². The molecule has 0 unspecified atom stereocenters. The molecule has 1 aliphatic heterocycles. The first-order valence-electron chi connectivity index (χ1n) is 9.58. The summed E-state index contributed by atoms with van der Waals surface area (Å²) in [6.07, 6.45) is 1.40. The molecule has 1 saturated heterocycles. The molecule has 0 radical (unpaired) electrons. The minimum Gasteiger partial charge on any atom is -0.504 e. The van der Waals surface area contributed by atoms with E-state index >= 15 is 0 Å². The van der Waals surface area contributed by atoms with E-state index in [9.17, 15) is 19.5 Å². The number of rotatable bonds is 6. The number of carbonyl (C=O) groups excluding carboxylic acids is 3. The van der Waals surface area contributed by atoms with Gasteiger partial charge in [-0.05, 0) is 99.8 Å². The van der Waals surface area contributed by atoms with Gasteiger partial charge in [0.1, 0.15) is 6.54 Å². The molecular weight excluding hydrogens is 564 g/mol. The number of halogens is 2. The van der Waals surface area contributed by atoms with Crippen LogP contribution in [-0.2, 0) is 9.59 Å². The molecule has 0 spiro atoms. The summed E-state index contributed by atoms with van der Waals surface area (Å²) >= 11 is 7.45. The van der Waals surface area contributed by atoms with Gasteiger partial charge >= 0.3 is 0 Å². The number of aromatic hydroxyl groups is 1. The van der Waals surface area contributed by atoms with Crippen LogP contribution in [0.25, 0.3) is 6.08 Å². The Labute approximate surface area is 206 Å². The lowest BCUT2D eigenvalue weighted by Crippen LogP contribution is -2.36. The van der Waals surface area contributed by atoms with Gasteiger partial charge in [-0.1, -0.05) is 6.07 Å². The zero-order chi connectivity index (χ0) is 23.6. The van der Waals surface area contributed by atoms with Crippen molar-refractivity contribution in [3.05, 3.63) is 54.8 Å². The second-order valence-electron chi connectivity index (χ2n) is 6.98. The minimum absolute atomic E-state index is 0.0885. The summed E-state index contributed by atoms with van der Waals surface area (Å²) in [5.41, 5.74) is 2.98. The third-order valence-corrected chi connectivity index (χ3v) is 7.65. The number of aryl methyl sites for hydroxylation is 2. The number of anilines is 1. The molecule has 7 nitrogen and oxygen atoms in total. The summed E-state index contributed by atoms with van der Waals surface area (Å²) in [5, 5.41) is 12.7. The number of hydrogen-bond donors (Lipinski definition) is 2. The molecular formula is C22H20Br2N2O5S. The van der Waals surface area contributed by atoms with Crippen molar-refractivity contribution in [2.75, 3.05) is 18.5 Å². The Kier molecular flexibility index (Phi) is 7.68. The Morgan fingerprint density at radius 3 is 2.59 bits per heavy atom. The van der Waals surface area contributed by atoms with Crippen molar-refractivity contribution in [2.45, 2.75) is 20.8 Å². The lowest BCUT2D eigenvalue weighted by atomic mass is 10.1. The van der Waals surface area contributed by atoms with Crippen molar-refractivity contribution in [3.8, 4) is 11.5 Å². The first-order chi connectivity index (χ1) is 15.1. The fourth-order valence-electron chi connectivity index (χ4n) is 2.94. The van der Waals surface area contributed by atoms with Crippen LogP contribution in [0.1, 0.15) is 23.6 Å². The highest BCUT2D eigenvalue weighted by Crippen LogP contribution is 2.43. The molecule has 0 atom stereocenters. The SMILES string of the molecule is CCOc1cc(Br)c(Br)c(/C=C2/SC(=O)N(CC(=O)Nc3ccc(C)c(C)c3)C2=O)c1O. The van der Waals surface area contributed by atoms with E-state index in [1.54, 1.807) is 19.1 Å². The molecule has 32 heavy (non-hydrogen) atoms. The number of carbonyl (C=O) groups is 3. The number of hydrogen-bond acceptors (Lipinski definition) is 6. The summed E-state index contributed by atoms with van der Waals surface area (Å²) in [5.74, 6) is -1.02. The first-order valence-corrected chi connectivity index (χ1v) is 12.0. The standard InChI is InChI=1S/C22H20Br2N2O5S/c1-4-31-16-9-15(23)19(24)14(20(16)28)8-17-21(29)26(22(30)32-17)10-18(27)25-13-6-5-11(2)12(3)7-13/h5-9,28H,4,10H2,1-3H3,(H,25,27)/b17-8+. The van der Waals surface area contributed by atoms with Gasteiger partial charge in [0.25, 0.3) is 11.1 Å². The zero-order valence-corrected chi connectivity index (χ0v) is 21.5. The number of ether oxygens (including phenoxy) is 1. The van der Waals surface area contributed by atoms with Gasteiger partial charge in [0.2, 0.25) is 5.91 Å². The maximum absolute atomic E-state index is 12.8. The zero-order valence-electron chi connectivity index (χ0n) is 17.5. The molecule has 2 aromatic rings. The summed E-state index contributed by atoms with van der Waals surface area (Å²) in [6, 6.07) is 7.07. The maximum Gasteiger partial charge on any atom is 0.294 e. The molecule has 0 saturated carbocycles. The van der Waals surface area contributed by atoms with Gasteiger partial charge in [-0.15, -0.1) is 0 Å². The van der Waals surface area contributed by atoms with Crippen molar-refractivity contribution in [3.63, 3.8) is 0 Å². The van der Waals surface area contributed by atoms with Gasteiger partial charge in [-0.3, -0.25) is 19.3 Å². The van der Waals surface area contributed by atoms with E-state index in [4.69, 9.17) is 4.74 Å². The van der Waals surface area contributed by atoms with Crippen molar-refractivity contribution < 1.29 is 24.2 Å². The molecule has 3 rings (SSSR count). The number of nitrogens with one attached hydrogen (secondary N) is 1. The Morgan fingerprint density at radius 1 is 1.22 bits per heavy atom. The van der Waals surface area contributed by atoms with Crippen LogP contribution in [0.2, 0.25) is 0 Å². The summed E-state index contributed by atoms with van der Waals surface area (Å²) < 4.78 is 6.53. The van der Waals surface area contributed by atoms with E-state index < -0.39 is 23.6 Å². The monoisotopic (exact) mass is 582 g/mol. The van der Waals surface area contributed by atoms with Crippen molar-refractivity contribution in [2.24, 2.45) is 0 Å². The van der Waals surface area contributed by atoms with Gasteiger partial charge in [0, 0.05) is 20.2 Å². The third-order valence-electron chi connectivity index (χ3n) is 4.73. The molecule has 1 aliphatic rings. The van der Waals surface area contributed by atoms with Gasteiger partial charge in [-0.2, -0.15) is 0 Å². The van der Waals surface area contributed by atoms with E-state index in [1.807, 2.05) is 26.0 Å². The topological polar surface area (TPSA) is 95.9 Å². The highest BCUT2D eigenvalue weighted by Gasteiger charge is 2.36. The summed E-state index contributed by atoms with van der Waals surface area (Å²) in [6.45, 7) is 5.60. The van der Waals surface area contributed by atoms with Crippen LogP contribution in [0.15, 0.2) is 38.1 Å². The molecule has 1 fully saturated rings. The van der Waals surface area contributed by atoms with Crippen LogP contribution < -0.4 is 10.1 Å². The van der Waals surface area contributed by atoms with Gasteiger partial charge in [0.15, 0.2) is 11.5 Å². The fraction of sp³-hybridized carbons (Fsp3) is 0.227. The fourth-order valence-corrected chi connectivity index (χ4v) is 4.60. The largest absolute Gasteiger partial charge is 0.504 e. The maximum atomic E-state index is 12.8. The van der Waals surface area contributed by atoms with Crippen LogP contribution in [0.4, 0.5) is 10.5 Å². The normalized spacial score (nSPS) is 14.9. The van der Waals surface area contributed by atoms with Crippen LogP contribution >= 0.6 is 43.6 Å². The van der Waals surface area contributed by atoms with E-state index in [0.717, 1.165) is 16.0 Å². The van der Waals surface area contributed by atoms with Crippen molar-refractivity contribution >= 4 is 72.4 Å². The third kappa shape index (κ3) is 5.19. The van der Waals surface area contributed by atoms with Crippen LogP contribution in [0, 0.1) is 13.8 Å². The van der Waals surface area contributed by atoms with Gasteiger partial charge < -0.3 is 15.2 Å². The highest BCUT2D eigenvalue weighted by molar-refractivity contribution is 9.13. The van der Waals surface area contributed by atoms with Crippen LogP contribution in [0.3, 0.4) is 0 Å². The molecule has 0 bridgehead atoms. The highest BCUT2D eigenvalue weighted by atomic mass is 79.9. The Morgan fingerprint density at radius 2 is 1.94 bits per heavy atom. The van der Waals surface area contributed by atoms with Crippen molar-refractivity contribution in [1.82, 2.24) is 4.90 Å². The lowest BCUT2D eigenvalue weighted by molar-refractivity contribution is -0.127. The second-order valence-corrected chi connectivity index (χ2v) is 9.62. The molecule has 1 heterocycles. The quantitative estimate of drug-likeness (QED) is 0.429. The summed E-state index contributed by atoms with van der Waals surface area (Å²) in [4.78, 5) is 38.6. The van der Waals surface area contributed by atoms with E-state index in [0.29, 0.717) is 33.0 Å². The average Bonchev–Trinajstić information content (AvgIpc) is 2.99. The number of imide groups is 1. The number of phenolic OH excluding ortho intramolecular Hbond substituents is 1. The summed E-state index contributed by atoms with van der Waals surface area (Å²) in [7, 11) is 0. The predicted molar refractivity (Wildman–Crippen MR) is 132 cm³/mol. The van der Waals surface area contributed by atoms with E-state index in [2.05, 4.69) is 37.2 Å². The van der Waals surface area contributed by atoms with Gasteiger partial charge in [-0.25, -0.2) is 0 Å². The van der Waals surface area contributed by atoms with E-state index in [1.165, 1.54) is 6.08 Å². The number of nitrogens with zero attached hydrogens (tertiary/aromatic N) is 1. The Bertz CT molecular complexity index is 1150. The average molecular weight is 584 g/mol. The smallest absolute Gasteiger partial charge is 0.294 e. The molecule has 2 aromatic carbocycles. The Hall–Kier alpha value is -2.30. The second kappa shape index (κ2) is 10.1. The van der Waals surface area contributed by atoms with E-state index in [-0.39, 0.29) is 22.0 Å².